The van der Waals surface area contributed by atoms with Gasteiger partial charge in [-0.2, -0.15) is 0 Å². The molecule has 1 aromatic rings. The number of anilines is 1. The molecule has 1 aromatic carbocycles. The van der Waals surface area contributed by atoms with E-state index >= 15 is 0 Å². The van der Waals surface area contributed by atoms with Crippen molar-refractivity contribution in [3.63, 3.8) is 0 Å². The monoisotopic (exact) mass is 310 g/mol. The highest BCUT2D eigenvalue weighted by Crippen LogP contribution is 2.39. The van der Waals surface area contributed by atoms with E-state index in [1.807, 2.05) is 0 Å². The zero-order chi connectivity index (χ0) is 16.4. The molecule has 0 aromatic heterocycles. The molecule has 0 unspecified atom stereocenters. The Morgan fingerprint density at radius 3 is 2.18 bits per heavy atom. The first-order valence-corrected chi connectivity index (χ1v) is 7.46. The summed E-state index contributed by atoms with van der Waals surface area (Å²) < 4.78 is 15.8. The molecule has 0 atom stereocenters. The first-order valence-electron chi connectivity index (χ1n) is 7.46. The molecule has 0 bridgehead atoms. The van der Waals surface area contributed by atoms with E-state index in [0.29, 0.717) is 23.8 Å². The van der Waals surface area contributed by atoms with Gasteiger partial charge < -0.3 is 24.8 Å². The third-order valence-electron chi connectivity index (χ3n) is 3.22. The van der Waals surface area contributed by atoms with Crippen LogP contribution in [0.5, 0.6) is 17.2 Å². The van der Waals surface area contributed by atoms with Crippen LogP contribution in [0.4, 0.5) is 5.69 Å². The standard InChI is InChI=1S/C16H26N2O4/c1-5-6-7-8-17-15(19)11-18-12-9-13(20-2)16(22-4)14(10-12)21-3/h9-10,18H,5-8,11H2,1-4H3,(H,17,19). The van der Waals surface area contributed by atoms with Crippen LogP contribution in [0.1, 0.15) is 26.2 Å². The van der Waals surface area contributed by atoms with Crippen molar-refractivity contribution >= 4 is 11.6 Å². The van der Waals surface area contributed by atoms with E-state index in [-0.39, 0.29) is 12.5 Å². The van der Waals surface area contributed by atoms with Crippen LogP contribution in [-0.4, -0.2) is 40.3 Å². The highest BCUT2D eigenvalue weighted by Gasteiger charge is 2.13. The maximum absolute atomic E-state index is 11.8. The molecule has 1 rings (SSSR count). The summed E-state index contributed by atoms with van der Waals surface area (Å²) in [5.74, 6) is 1.59. The summed E-state index contributed by atoms with van der Waals surface area (Å²) in [4.78, 5) is 11.8. The Balaban J connectivity index is 2.60. The molecule has 0 saturated carbocycles. The molecule has 0 radical (unpaired) electrons. The van der Waals surface area contributed by atoms with Gasteiger partial charge in [0.25, 0.3) is 0 Å². The number of hydrogen-bond donors (Lipinski definition) is 2. The van der Waals surface area contributed by atoms with Crippen molar-refractivity contribution in [2.24, 2.45) is 0 Å². The molecule has 0 aliphatic heterocycles. The lowest BCUT2D eigenvalue weighted by atomic mass is 10.2. The summed E-state index contributed by atoms with van der Waals surface area (Å²) in [7, 11) is 4.67. The lowest BCUT2D eigenvalue weighted by Gasteiger charge is -2.15. The van der Waals surface area contributed by atoms with Crippen LogP contribution in [0, 0.1) is 0 Å². The van der Waals surface area contributed by atoms with Crippen molar-refractivity contribution in [3.8, 4) is 17.2 Å². The Labute approximate surface area is 132 Å². The molecule has 2 N–H and O–H groups in total. The molecule has 124 valence electrons. The van der Waals surface area contributed by atoms with Gasteiger partial charge in [-0.15, -0.1) is 0 Å². The van der Waals surface area contributed by atoms with Gasteiger partial charge in [0.05, 0.1) is 27.9 Å². The third-order valence-corrected chi connectivity index (χ3v) is 3.22. The predicted octanol–water partition coefficient (Wildman–Crippen LogP) is 2.43. The number of carbonyl (C=O) groups is 1. The van der Waals surface area contributed by atoms with E-state index in [9.17, 15) is 4.79 Å². The zero-order valence-electron chi connectivity index (χ0n) is 13.8. The van der Waals surface area contributed by atoms with Crippen LogP contribution in [-0.2, 0) is 4.79 Å². The second-order valence-corrected chi connectivity index (χ2v) is 4.82. The van der Waals surface area contributed by atoms with Gasteiger partial charge in [0.15, 0.2) is 11.5 Å². The van der Waals surface area contributed by atoms with Crippen LogP contribution in [0.25, 0.3) is 0 Å². The number of benzene rings is 1. The summed E-state index contributed by atoms with van der Waals surface area (Å²) in [6.07, 6.45) is 3.27. The average Bonchev–Trinajstić information content (AvgIpc) is 2.55. The molecule has 22 heavy (non-hydrogen) atoms. The van der Waals surface area contributed by atoms with Gasteiger partial charge in [-0.05, 0) is 6.42 Å². The van der Waals surface area contributed by atoms with Crippen LogP contribution in [0.2, 0.25) is 0 Å². The van der Waals surface area contributed by atoms with Gasteiger partial charge in [0.2, 0.25) is 11.7 Å². The Morgan fingerprint density at radius 2 is 1.68 bits per heavy atom. The number of amides is 1. The number of ether oxygens (including phenoxy) is 3. The van der Waals surface area contributed by atoms with Crippen LogP contribution in [0.3, 0.4) is 0 Å². The topological polar surface area (TPSA) is 68.8 Å². The highest BCUT2D eigenvalue weighted by atomic mass is 16.5. The summed E-state index contributed by atoms with van der Waals surface area (Å²) in [6, 6.07) is 3.54. The molecule has 6 heteroatoms. The minimum Gasteiger partial charge on any atom is -0.493 e. The predicted molar refractivity (Wildman–Crippen MR) is 87.1 cm³/mol. The molecule has 6 nitrogen and oxygen atoms in total. The summed E-state index contributed by atoms with van der Waals surface area (Å²) in [5, 5.41) is 5.94. The molecule has 0 heterocycles. The first-order chi connectivity index (χ1) is 10.7. The molecule has 0 spiro atoms. The number of rotatable bonds is 10. The Morgan fingerprint density at radius 1 is 1.05 bits per heavy atom. The van der Waals surface area contributed by atoms with Gasteiger partial charge in [0.1, 0.15) is 0 Å². The molecule has 0 saturated heterocycles. The molecule has 0 fully saturated rings. The second-order valence-electron chi connectivity index (χ2n) is 4.82. The van der Waals surface area contributed by atoms with Gasteiger partial charge in [-0.1, -0.05) is 19.8 Å². The minimum absolute atomic E-state index is 0.0372. The SMILES string of the molecule is CCCCCNC(=O)CNc1cc(OC)c(OC)c(OC)c1. The summed E-state index contributed by atoms with van der Waals surface area (Å²) in [6.45, 7) is 3.04. The fourth-order valence-corrected chi connectivity index (χ4v) is 2.03. The molecule has 0 aliphatic carbocycles. The Hall–Kier alpha value is -2.11. The van der Waals surface area contributed by atoms with Crippen molar-refractivity contribution in [2.45, 2.75) is 26.2 Å². The van der Waals surface area contributed by atoms with Crippen LogP contribution in [0.15, 0.2) is 12.1 Å². The van der Waals surface area contributed by atoms with Crippen molar-refractivity contribution in [1.29, 1.82) is 0 Å². The van der Waals surface area contributed by atoms with Gasteiger partial charge in [-0.3, -0.25) is 4.79 Å². The molecular formula is C16H26N2O4. The first kappa shape index (κ1) is 17.9. The van der Waals surface area contributed by atoms with Crippen LogP contribution < -0.4 is 24.8 Å². The normalized spacial score (nSPS) is 10.0. The Bertz CT molecular complexity index is 452. The van der Waals surface area contributed by atoms with Crippen molar-refractivity contribution in [3.05, 3.63) is 12.1 Å². The number of hydrogen-bond acceptors (Lipinski definition) is 5. The smallest absolute Gasteiger partial charge is 0.239 e. The minimum atomic E-state index is -0.0372. The number of carbonyl (C=O) groups excluding carboxylic acids is 1. The van der Waals surface area contributed by atoms with E-state index in [1.165, 1.54) is 0 Å². The highest BCUT2D eigenvalue weighted by molar-refractivity contribution is 5.81. The molecule has 1 amide bonds. The fourth-order valence-electron chi connectivity index (χ4n) is 2.03. The number of nitrogens with one attached hydrogen (secondary N) is 2. The van der Waals surface area contributed by atoms with Crippen LogP contribution >= 0.6 is 0 Å². The van der Waals surface area contributed by atoms with E-state index in [4.69, 9.17) is 14.2 Å². The zero-order valence-corrected chi connectivity index (χ0v) is 13.8. The van der Waals surface area contributed by atoms with Crippen molar-refractivity contribution in [1.82, 2.24) is 5.32 Å². The lowest BCUT2D eigenvalue weighted by molar-refractivity contribution is -0.119. The maximum atomic E-state index is 11.8. The second kappa shape index (κ2) is 9.76. The number of methoxy groups -OCH3 is 3. The van der Waals surface area contributed by atoms with E-state index in [0.717, 1.165) is 24.9 Å². The largest absolute Gasteiger partial charge is 0.493 e. The Kier molecular flexibility index (Phi) is 7.96. The fraction of sp³-hybridized carbons (Fsp3) is 0.562. The van der Waals surface area contributed by atoms with Gasteiger partial charge >= 0.3 is 0 Å². The maximum Gasteiger partial charge on any atom is 0.239 e. The van der Waals surface area contributed by atoms with Crippen molar-refractivity contribution < 1.29 is 19.0 Å². The summed E-state index contributed by atoms with van der Waals surface area (Å²) in [5.41, 5.74) is 0.734. The lowest BCUT2D eigenvalue weighted by Crippen LogP contribution is -2.30. The molecule has 0 aliphatic rings. The quantitative estimate of drug-likeness (QED) is 0.650. The van der Waals surface area contributed by atoms with Crippen molar-refractivity contribution in [2.75, 3.05) is 39.7 Å². The van der Waals surface area contributed by atoms with E-state index in [1.54, 1.807) is 33.5 Å². The van der Waals surface area contributed by atoms with Gasteiger partial charge in [-0.25, -0.2) is 0 Å². The number of unbranched alkanes of at least 4 members (excludes halogenated alkanes) is 2. The third kappa shape index (κ3) is 5.35. The van der Waals surface area contributed by atoms with Gasteiger partial charge in [0, 0.05) is 24.4 Å². The molecular weight excluding hydrogens is 284 g/mol. The average molecular weight is 310 g/mol. The van der Waals surface area contributed by atoms with E-state index < -0.39 is 0 Å². The summed E-state index contributed by atoms with van der Waals surface area (Å²) >= 11 is 0. The van der Waals surface area contributed by atoms with E-state index in [2.05, 4.69) is 17.6 Å².